The van der Waals surface area contributed by atoms with E-state index >= 15 is 0 Å². The molecule has 2 N–H and O–H groups in total. The maximum atomic E-state index is 12.0. The average molecular weight is 290 g/mol. The Bertz CT molecular complexity index is 826. The number of para-hydroxylation sites is 1. The number of nitrogens with one attached hydrogen (secondary N) is 2. The Morgan fingerprint density at radius 3 is 2.14 bits per heavy atom. The second kappa shape index (κ2) is 6.49. The molecule has 0 saturated heterocycles. The fourth-order valence-electron chi connectivity index (χ4n) is 1.90. The first-order chi connectivity index (χ1) is 10.8. The second-order valence-electron chi connectivity index (χ2n) is 4.61. The fourth-order valence-corrected chi connectivity index (χ4v) is 1.90. The Morgan fingerprint density at radius 1 is 0.773 bits per heavy atom. The van der Waals surface area contributed by atoms with Gasteiger partial charge < -0.3 is 10.3 Å². The van der Waals surface area contributed by atoms with E-state index in [2.05, 4.69) is 20.5 Å². The van der Waals surface area contributed by atoms with E-state index in [1.54, 1.807) is 12.1 Å². The number of H-pyrrole nitrogens is 1. The molecule has 0 radical (unpaired) electrons. The molecular weight excluding hydrogens is 276 g/mol. The van der Waals surface area contributed by atoms with Gasteiger partial charge in [0, 0.05) is 5.69 Å². The summed E-state index contributed by atoms with van der Waals surface area (Å²) in [6.45, 7) is 0. The molecule has 0 aliphatic rings. The summed E-state index contributed by atoms with van der Waals surface area (Å²) in [6, 6.07) is 22.3. The summed E-state index contributed by atoms with van der Waals surface area (Å²) in [5.41, 5.74) is 1.58. The van der Waals surface area contributed by atoms with Crippen LogP contribution in [0.5, 0.6) is 0 Å². The zero-order valence-corrected chi connectivity index (χ0v) is 11.7. The Balaban J connectivity index is 1.78. The molecule has 108 valence electrons. The van der Waals surface area contributed by atoms with E-state index in [1.807, 2.05) is 60.7 Å². The predicted octanol–water partition coefficient (Wildman–Crippen LogP) is 4.53. The zero-order chi connectivity index (χ0) is 15.2. The summed E-state index contributed by atoms with van der Waals surface area (Å²) in [6.07, 6.45) is 0. The van der Waals surface area contributed by atoms with Gasteiger partial charge in [0.15, 0.2) is 5.69 Å². The van der Waals surface area contributed by atoms with E-state index in [0.717, 1.165) is 5.69 Å². The number of rotatable bonds is 4. The van der Waals surface area contributed by atoms with Crippen molar-refractivity contribution in [3.8, 4) is 0 Å². The van der Waals surface area contributed by atoms with Gasteiger partial charge in [0.1, 0.15) is 5.82 Å². The highest BCUT2D eigenvalue weighted by molar-refractivity contribution is 5.56. The SMILES string of the molecule is O=c1[nH]c(Nc2ccccc2)ccc1N=Nc1ccccc1. The third kappa shape index (κ3) is 3.46. The van der Waals surface area contributed by atoms with Gasteiger partial charge in [0.25, 0.3) is 5.56 Å². The minimum atomic E-state index is -0.291. The van der Waals surface area contributed by atoms with E-state index in [-0.39, 0.29) is 11.2 Å². The highest BCUT2D eigenvalue weighted by Gasteiger charge is 2.00. The Kier molecular flexibility index (Phi) is 4.06. The number of anilines is 2. The lowest BCUT2D eigenvalue weighted by atomic mass is 10.3. The van der Waals surface area contributed by atoms with Gasteiger partial charge in [-0.2, -0.15) is 5.11 Å². The van der Waals surface area contributed by atoms with Crippen LogP contribution in [-0.4, -0.2) is 4.98 Å². The molecule has 2 aromatic carbocycles. The molecule has 0 fully saturated rings. The minimum absolute atomic E-state index is 0.266. The van der Waals surface area contributed by atoms with Gasteiger partial charge in [0.2, 0.25) is 0 Å². The van der Waals surface area contributed by atoms with Crippen molar-refractivity contribution >= 4 is 22.9 Å². The molecule has 0 saturated carbocycles. The summed E-state index contributed by atoms with van der Waals surface area (Å²) < 4.78 is 0. The van der Waals surface area contributed by atoms with E-state index in [4.69, 9.17) is 0 Å². The van der Waals surface area contributed by atoms with Crippen molar-refractivity contribution in [2.45, 2.75) is 0 Å². The van der Waals surface area contributed by atoms with Crippen LogP contribution in [0.15, 0.2) is 87.8 Å². The second-order valence-corrected chi connectivity index (χ2v) is 4.61. The molecular formula is C17H14N4O. The van der Waals surface area contributed by atoms with Crippen molar-refractivity contribution in [1.82, 2.24) is 4.98 Å². The number of aromatic nitrogens is 1. The van der Waals surface area contributed by atoms with Crippen molar-refractivity contribution in [2.75, 3.05) is 5.32 Å². The molecule has 1 heterocycles. The zero-order valence-electron chi connectivity index (χ0n) is 11.7. The molecule has 1 aromatic heterocycles. The van der Waals surface area contributed by atoms with Crippen molar-refractivity contribution in [3.63, 3.8) is 0 Å². The van der Waals surface area contributed by atoms with Crippen LogP contribution < -0.4 is 10.9 Å². The van der Waals surface area contributed by atoms with E-state index < -0.39 is 0 Å². The smallest absolute Gasteiger partial charge is 0.277 e. The number of hydrogen-bond donors (Lipinski definition) is 2. The standard InChI is InChI=1S/C17H14N4O/c22-17-15(21-20-14-9-5-2-6-10-14)11-12-16(19-17)18-13-7-3-1-4-8-13/h1-12H,(H2,18,19,22). The number of aromatic amines is 1. The van der Waals surface area contributed by atoms with Crippen molar-refractivity contribution in [3.05, 3.63) is 83.2 Å². The van der Waals surface area contributed by atoms with Crippen LogP contribution in [0, 0.1) is 0 Å². The van der Waals surface area contributed by atoms with Gasteiger partial charge in [0.05, 0.1) is 5.69 Å². The first-order valence-corrected chi connectivity index (χ1v) is 6.83. The van der Waals surface area contributed by atoms with Gasteiger partial charge in [-0.25, -0.2) is 0 Å². The van der Waals surface area contributed by atoms with E-state index in [0.29, 0.717) is 11.5 Å². The fraction of sp³-hybridized carbons (Fsp3) is 0. The van der Waals surface area contributed by atoms with Crippen LogP contribution in [0.25, 0.3) is 0 Å². The molecule has 5 nitrogen and oxygen atoms in total. The number of pyridine rings is 1. The van der Waals surface area contributed by atoms with Crippen molar-refractivity contribution in [2.24, 2.45) is 10.2 Å². The summed E-state index contributed by atoms with van der Waals surface area (Å²) in [5.74, 6) is 0.606. The summed E-state index contributed by atoms with van der Waals surface area (Å²) in [4.78, 5) is 14.7. The monoisotopic (exact) mass is 290 g/mol. The van der Waals surface area contributed by atoms with Gasteiger partial charge in [-0.05, 0) is 36.4 Å². The van der Waals surface area contributed by atoms with Crippen LogP contribution in [0.4, 0.5) is 22.9 Å². The quantitative estimate of drug-likeness (QED) is 0.693. The summed E-state index contributed by atoms with van der Waals surface area (Å²) in [7, 11) is 0. The molecule has 3 aromatic rings. The predicted molar refractivity (Wildman–Crippen MR) is 87.4 cm³/mol. The van der Waals surface area contributed by atoms with Crippen LogP contribution >= 0.6 is 0 Å². The van der Waals surface area contributed by atoms with Crippen LogP contribution in [0.3, 0.4) is 0 Å². The molecule has 0 spiro atoms. The number of benzene rings is 2. The topological polar surface area (TPSA) is 69.6 Å². The molecule has 5 heteroatoms. The molecule has 22 heavy (non-hydrogen) atoms. The molecule has 0 unspecified atom stereocenters. The molecule has 3 rings (SSSR count). The number of nitrogens with zero attached hydrogens (tertiary/aromatic N) is 2. The highest BCUT2D eigenvalue weighted by Crippen LogP contribution is 2.17. The Hall–Kier alpha value is -3.21. The number of azo groups is 1. The molecule has 0 atom stereocenters. The molecule has 0 amide bonds. The third-order valence-corrected chi connectivity index (χ3v) is 2.97. The average Bonchev–Trinajstić information content (AvgIpc) is 2.56. The van der Waals surface area contributed by atoms with Crippen molar-refractivity contribution < 1.29 is 0 Å². The first-order valence-electron chi connectivity index (χ1n) is 6.83. The highest BCUT2D eigenvalue weighted by atomic mass is 16.1. The maximum Gasteiger partial charge on any atom is 0.277 e. The maximum absolute atomic E-state index is 12.0. The lowest BCUT2D eigenvalue weighted by Gasteiger charge is -2.05. The normalized spacial score (nSPS) is 10.7. The summed E-state index contributed by atoms with van der Waals surface area (Å²) >= 11 is 0. The minimum Gasteiger partial charge on any atom is -0.342 e. The van der Waals surface area contributed by atoms with Gasteiger partial charge >= 0.3 is 0 Å². The summed E-state index contributed by atoms with van der Waals surface area (Å²) in [5, 5.41) is 11.1. The molecule has 0 bridgehead atoms. The Morgan fingerprint density at radius 2 is 1.45 bits per heavy atom. The van der Waals surface area contributed by atoms with Gasteiger partial charge in [-0.1, -0.05) is 36.4 Å². The first kappa shape index (κ1) is 13.8. The van der Waals surface area contributed by atoms with Crippen LogP contribution in [-0.2, 0) is 0 Å². The van der Waals surface area contributed by atoms with Crippen LogP contribution in [0.1, 0.15) is 0 Å². The van der Waals surface area contributed by atoms with E-state index in [1.165, 1.54) is 0 Å². The largest absolute Gasteiger partial charge is 0.342 e. The lowest BCUT2D eigenvalue weighted by molar-refractivity contribution is 1.15. The Labute approximate surface area is 127 Å². The van der Waals surface area contributed by atoms with Crippen molar-refractivity contribution in [1.29, 1.82) is 0 Å². The molecule has 0 aliphatic carbocycles. The third-order valence-electron chi connectivity index (χ3n) is 2.97. The molecule has 0 aliphatic heterocycles. The lowest BCUT2D eigenvalue weighted by Crippen LogP contribution is -2.07. The number of hydrogen-bond acceptors (Lipinski definition) is 4. The van der Waals surface area contributed by atoms with Gasteiger partial charge in [-0.3, -0.25) is 4.79 Å². The van der Waals surface area contributed by atoms with Crippen LogP contribution in [0.2, 0.25) is 0 Å². The van der Waals surface area contributed by atoms with Gasteiger partial charge in [-0.15, -0.1) is 5.11 Å². The van der Waals surface area contributed by atoms with E-state index in [9.17, 15) is 4.79 Å².